The highest BCUT2D eigenvalue weighted by atomic mass is 16.5. The lowest BCUT2D eigenvalue weighted by atomic mass is 9.96. The monoisotopic (exact) mass is 456 g/mol. The predicted molar refractivity (Wildman–Crippen MR) is 124 cm³/mol. The minimum Gasteiger partial charge on any atom is -0.456 e. The zero-order chi connectivity index (χ0) is 23.6. The van der Waals surface area contributed by atoms with Gasteiger partial charge in [-0.05, 0) is 31.4 Å². The van der Waals surface area contributed by atoms with Crippen LogP contribution < -0.4 is 16.2 Å². The molecule has 3 amide bonds. The number of hydrogen-bond acceptors (Lipinski definition) is 6. The molecular weight excluding hydrogens is 424 g/mol. The van der Waals surface area contributed by atoms with Gasteiger partial charge in [-0.3, -0.25) is 19.7 Å². The van der Waals surface area contributed by atoms with E-state index >= 15 is 0 Å². The number of nitrogens with zero attached hydrogens (tertiary/aromatic N) is 2. The van der Waals surface area contributed by atoms with Gasteiger partial charge in [0.15, 0.2) is 6.61 Å². The number of amides is 3. The minimum absolute atomic E-state index is 0.0740. The lowest BCUT2D eigenvalue weighted by Gasteiger charge is -2.22. The summed E-state index contributed by atoms with van der Waals surface area (Å²) in [5.74, 6) is -1.32. The first-order valence-electron chi connectivity index (χ1n) is 11.7. The van der Waals surface area contributed by atoms with E-state index in [1.165, 1.54) is 0 Å². The zero-order valence-electron chi connectivity index (χ0n) is 19.1. The van der Waals surface area contributed by atoms with E-state index in [0.717, 1.165) is 50.5 Å². The van der Waals surface area contributed by atoms with Gasteiger partial charge in [0.05, 0.1) is 17.5 Å². The van der Waals surface area contributed by atoms with E-state index < -0.39 is 24.5 Å². The fraction of sp³-hybridized carbons (Fsp3) is 0.542. The molecule has 1 heterocycles. The number of para-hydroxylation sites is 2. The molecule has 0 saturated heterocycles. The van der Waals surface area contributed by atoms with Crippen LogP contribution in [-0.4, -0.2) is 40.1 Å². The SMILES string of the molecule is CCCCn1c(=O)c(CCC(=O)OCC(=O)NC(=O)NC2CCCCC2)nc2ccccc21. The van der Waals surface area contributed by atoms with Gasteiger partial charge in [-0.1, -0.05) is 44.7 Å². The van der Waals surface area contributed by atoms with Gasteiger partial charge >= 0.3 is 12.0 Å². The molecule has 1 aromatic carbocycles. The fourth-order valence-electron chi connectivity index (χ4n) is 4.02. The van der Waals surface area contributed by atoms with Gasteiger partial charge in [0.2, 0.25) is 0 Å². The standard InChI is InChI=1S/C24H32N4O5/c1-2-3-15-28-20-12-8-7-11-18(20)26-19(23(28)31)13-14-22(30)33-16-21(29)27-24(32)25-17-9-5-4-6-10-17/h7-8,11-12,17H,2-6,9-10,13-16H2,1H3,(H2,25,27,29,32). The predicted octanol–water partition coefficient (Wildman–Crippen LogP) is 2.83. The van der Waals surface area contributed by atoms with Gasteiger partial charge in [0.25, 0.3) is 11.5 Å². The van der Waals surface area contributed by atoms with Crippen LogP contribution in [0.3, 0.4) is 0 Å². The lowest BCUT2D eigenvalue weighted by molar-refractivity contribution is -0.148. The Morgan fingerprint density at radius 3 is 2.67 bits per heavy atom. The lowest BCUT2D eigenvalue weighted by Crippen LogP contribution is -2.46. The summed E-state index contributed by atoms with van der Waals surface area (Å²) in [4.78, 5) is 53.2. The molecule has 1 fully saturated rings. The Hall–Kier alpha value is -3.23. The van der Waals surface area contributed by atoms with Crippen LogP contribution in [0, 0.1) is 0 Å². The van der Waals surface area contributed by atoms with Crippen molar-refractivity contribution in [1.82, 2.24) is 20.2 Å². The number of carbonyl (C=O) groups is 3. The van der Waals surface area contributed by atoms with Gasteiger partial charge < -0.3 is 14.6 Å². The summed E-state index contributed by atoms with van der Waals surface area (Å²) in [5.41, 5.74) is 1.54. The van der Waals surface area contributed by atoms with E-state index in [2.05, 4.69) is 22.5 Å². The highest BCUT2D eigenvalue weighted by molar-refractivity contribution is 5.95. The van der Waals surface area contributed by atoms with Gasteiger partial charge in [-0.15, -0.1) is 0 Å². The molecule has 2 aromatic rings. The van der Waals surface area contributed by atoms with Gasteiger partial charge in [0, 0.05) is 19.0 Å². The van der Waals surface area contributed by atoms with E-state index in [-0.39, 0.29) is 30.1 Å². The molecule has 1 saturated carbocycles. The van der Waals surface area contributed by atoms with Crippen LogP contribution >= 0.6 is 0 Å². The van der Waals surface area contributed by atoms with Crippen molar-refractivity contribution >= 4 is 28.9 Å². The average molecular weight is 457 g/mol. The van der Waals surface area contributed by atoms with Crippen LogP contribution in [0.15, 0.2) is 29.1 Å². The quantitative estimate of drug-likeness (QED) is 0.560. The molecule has 0 spiro atoms. The number of unbranched alkanes of at least 4 members (excludes halogenated alkanes) is 1. The number of esters is 1. The molecule has 1 aromatic heterocycles. The molecule has 33 heavy (non-hydrogen) atoms. The highest BCUT2D eigenvalue weighted by Gasteiger charge is 2.18. The number of benzene rings is 1. The number of hydrogen-bond donors (Lipinski definition) is 2. The molecule has 3 rings (SSSR count). The number of carbonyl (C=O) groups excluding carboxylic acids is 3. The molecule has 0 unspecified atom stereocenters. The highest BCUT2D eigenvalue weighted by Crippen LogP contribution is 2.17. The third-order valence-electron chi connectivity index (χ3n) is 5.78. The van der Waals surface area contributed by atoms with Crippen molar-refractivity contribution < 1.29 is 19.1 Å². The number of ether oxygens (including phenoxy) is 1. The fourth-order valence-corrected chi connectivity index (χ4v) is 4.02. The third-order valence-corrected chi connectivity index (χ3v) is 5.78. The zero-order valence-corrected chi connectivity index (χ0v) is 19.1. The Balaban J connectivity index is 1.50. The Kier molecular flexibility index (Phi) is 8.97. The van der Waals surface area contributed by atoms with Crippen molar-refractivity contribution in [3.05, 3.63) is 40.3 Å². The molecule has 9 heteroatoms. The number of urea groups is 1. The second kappa shape index (κ2) is 12.1. The molecule has 1 aliphatic carbocycles. The Bertz CT molecular complexity index is 1040. The molecule has 0 radical (unpaired) electrons. The first-order valence-corrected chi connectivity index (χ1v) is 11.7. The molecule has 0 bridgehead atoms. The molecule has 9 nitrogen and oxygen atoms in total. The van der Waals surface area contributed by atoms with E-state index in [1.54, 1.807) is 4.57 Å². The summed E-state index contributed by atoms with van der Waals surface area (Å²) < 4.78 is 6.67. The number of imide groups is 1. The van der Waals surface area contributed by atoms with E-state index in [1.807, 2.05) is 24.3 Å². The number of aryl methyl sites for hydroxylation is 2. The first-order chi connectivity index (χ1) is 16.0. The third kappa shape index (κ3) is 7.13. The van der Waals surface area contributed by atoms with E-state index in [4.69, 9.17) is 4.74 Å². The van der Waals surface area contributed by atoms with Crippen LogP contribution in [0.2, 0.25) is 0 Å². The van der Waals surface area contributed by atoms with Crippen molar-refractivity contribution in [1.29, 1.82) is 0 Å². The molecular formula is C24H32N4O5. The van der Waals surface area contributed by atoms with E-state index in [0.29, 0.717) is 12.1 Å². The van der Waals surface area contributed by atoms with Crippen LogP contribution in [-0.2, 0) is 27.3 Å². The van der Waals surface area contributed by atoms with Crippen molar-refractivity contribution in [3.63, 3.8) is 0 Å². The first kappa shape index (κ1) is 24.4. The van der Waals surface area contributed by atoms with Gasteiger partial charge in [0.1, 0.15) is 5.69 Å². The molecule has 178 valence electrons. The summed E-state index contributed by atoms with van der Waals surface area (Å²) >= 11 is 0. The van der Waals surface area contributed by atoms with E-state index in [9.17, 15) is 19.2 Å². The van der Waals surface area contributed by atoms with Crippen LogP contribution in [0.1, 0.15) is 64.0 Å². The summed E-state index contributed by atoms with van der Waals surface area (Å²) in [6.07, 6.45) is 6.92. The second-order valence-electron chi connectivity index (χ2n) is 8.37. The van der Waals surface area contributed by atoms with Crippen molar-refractivity contribution in [3.8, 4) is 0 Å². The Morgan fingerprint density at radius 1 is 1.15 bits per heavy atom. The van der Waals surface area contributed by atoms with Crippen molar-refractivity contribution in [2.45, 2.75) is 77.3 Å². The molecule has 0 aliphatic heterocycles. The second-order valence-corrected chi connectivity index (χ2v) is 8.37. The summed E-state index contributed by atoms with van der Waals surface area (Å²) in [6.45, 7) is 2.09. The normalized spacial score (nSPS) is 14.1. The largest absolute Gasteiger partial charge is 0.456 e. The maximum atomic E-state index is 12.9. The average Bonchev–Trinajstić information content (AvgIpc) is 2.81. The van der Waals surface area contributed by atoms with Crippen LogP contribution in [0.5, 0.6) is 0 Å². The Morgan fingerprint density at radius 2 is 1.91 bits per heavy atom. The maximum absolute atomic E-state index is 12.9. The number of rotatable bonds is 9. The van der Waals surface area contributed by atoms with Crippen molar-refractivity contribution in [2.75, 3.05) is 6.61 Å². The molecule has 0 atom stereocenters. The minimum atomic E-state index is -0.692. The number of fused-ring (bicyclic) bond motifs is 1. The maximum Gasteiger partial charge on any atom is 0.321 e. The smallest absolute Gasteiger partial charge is 0.321 e. The van der Waals surface area contributed by atoms with Gasteiger partial charge in [-0.2, -0.15) is 0 Å². The summed E-state index contributed by atoms with van der Waals surface area (Å²) in [7, 11) is 0. The van der Waals surface area contributed by atoms with Crippen LogP contribution in [0.25, 0.3) is 11.0 Å². The number of aromatic nitrogens is 2. The van der Waals surface area contributed by atoms with Crippen LogP contribution in [0.4, 0.5) is 4.79 Å². The number of nitrogens with one attached hydrogen (secondary N) is 2. The molecule has 1 aliphatic rings. The van der Waals surface area contributed by atoms with Crippen molar-refractivity contribution in [2.24, 2.45) is 0 Å². The Labute approximate surface area is 192 Å². The van der Waals surface area contributed by atoms with Gasteiger partial charge in [-0.25, -0.2) is 9.78 Å². The topological polar surface area (TPSA) is 119 Å². The molecule has 2 N–H and O–H groups in total. The summed E-state index contributed by atoms with van der Waals surface area (Å²) in [6, 6.07) is 6.91. The summed E-state index contributed by atoms with van der Waals surface area (Å²) in [5, 5.41) is 4.95.